The number of aliphatic carboxylic acids is 1. The molecule has 0 aromatic carbocycles. The van der Waals surface area contributed by atoms with Crippen molar-refractivity contribution in [2.45, 2.75) is 25.0 Å². The van der Waals surface area contributed by atoms with Gasteiger partial charge in [0.25, 0.3) is 0 Å². The number of rotatable bonds is 5. The highest BCUT2D eigenvalue weighted by molar-refractivity contribution is 7.99. The van der Waals surface area contributed by atoms with Crippen molar-refractivity contribution in [1.29, 1.82) is 0 Å². The molecule has 1 heterocycles. The van der Waals surface area contributed by atoms with Crippen LogP contribution < -0.4 is 10.6 Å². The Morgan fingerprint density at radius 2 is 2.12 bits per heavy atom. The van der Waals surface area contributed by atoms with Crippen molar-refractivity contribution in [3.63, 3.8) is 0 Å². The fraction of sp³-hybridized carbons (Fsp3) is 0.800. The van der Waals surface area contributed by atoms with E-state index in [1.54, 1.807) is 0 Å². The Labute approximate surface area is 104 Å². The summed E-state index contributed by atoms with van der Waals surface area (Å²) in [5.74, 6) is 1.03. The van der Waals surface area contributed by atoms with Crippen LogP contribution in [0.2, 0.25) is 0 Å². The average molecular weight is 262 g/mol. The maximum Gasteiger partial charge on any atom is 0.334 e. The van der Waals surface area contributed by atoms with E-state index in [4.69, 9.17) is 9.84 Å². The lowest BCUT2D eigenvalue weighted by Crippen LogP contribution is -2.47. The number of amides is 2. The molecule has 2 amide bonds. The highest BCUT2D eigenvalue weighted by Crippen LogP contribution is 2.16. The minimum atomic E-state index is -1.08. The van der Waals surface area contributed by atoms with Gasteiger partial charge in [0.05, 0.1) is 6.54 Å². The fourth-order valence-corrected chi connectivity index (χ4v) is 2.64. The number of ether oxygens (including phenoxy) is 1. The summed E-state index contributed by atoms with van der Waals surface area (Å²) in [7, 11) is 1.30. The summed E-state index contributed by atoms with van der Waals surface area (Å²) in [6.45, 7) is -0.0286. The molecule has 1 saturated heterocycles. The molecule has 1 unspecified atom stereocenters. The second-order valence-corrected chi connectivity index (χ2v) is 5.03. The second kappa shape index (κ2) is 7.39. The first-order valence-electron chi connectivity index (χ1n) is 5.51. The maximum atomic E-state index is 11.5. The third kappa shape index (κ3) is 5.27. The standard InChI is InChI=1S/C10H18N2O4S/c1-16-8(9(13)14)6-11-10(15)12-7-2-4-17-5-3-7/h7-8H,2-6H2,1H3,(H,13,14)(H2,11,12,15). The molecule has 98 valence electrons. The van der Waals surface area contributed by atoms with Crippen molar-refractivity contribution >= 4 is 23.8 Å². The van der Waals surface area contributed by atoms with E-state index < -0.39 is 12.1 Å². The molecule has 0 aromatic heterocycles. The molecule has 0 saturated carbocycles. The van der Waals surface area contributed by atoms with Gasteiger partial charge in [-0.05, 0) is 24.3 Å². The van der Waals surface area contributed by atoms with E-state index in [1.165, 1.54) is 7.11 Å². The Morgan fingerprint density at radius 1 is 1.47 bits per heavy atom. The molecule has 0 aliphatic carbocycles. The lowest BCUT2D eigenvalue weighted by molar-refractivity contribution is -0.147. The Balaban J connectivity index is 2.21. The first-order chi connectivity index (χ1) is 8.13. The molecule has 6 nitrogen and oxygen atoms in total. The molecule has 0 spiro atoms. The minimum Gasteiger partial charge on any atom is -0.479 e. The zero-order chi connectivity index (χ0) is 12.7. The van der Waals surface area contributed by atoms with E-state index in [2.05, 4.69) is 10.6 Å². The number of carboxylic acids is 1. The third-order valence-corrected chi connectivity index (χ3v) is 3.61. The molecule has 1 aliphatic rings. The van der Waals surface area contributed by atoms with Crippen LogP contribution in [0.25, 0.3) is 0 Å². The summed E-state index contributed by atoms with van der Waals surface area (Å²) in [4.78, 5) is 22.1. The van der Waals surface area contributed by atoms with Crippen LogP contribution in [0.4, 0.5) is 4.79 Å². The highest BCUT2D eigenvalue weighted by Gasteiger charge is 2.19. The van der Waals surface area contributed by atoms with Gasteiger partial charge in [-0.25, -0.2) is 9.59 Å². The number of nitrogens with one attached hydrogen (secondary N) is 2. The van der Waals surface area contributed by atoms with E-state index in [0.717, 1.165) is 24.3 Å². The molecule has 1 fully saturated rings. The quantitative estimate of drug-likeness (QED) is 0.662. The van der Waals surface area contributed by atoms with Gasteiger partial charge in [-0.2, -0.15) is 11.8 Å². The van der Waals surface area contributed by atoms with Crippen LogP contribution in [-0.2, 0) is 9.53 Å². The van der Waals surface area contributed by atoms with Crippen molar-refractivity contribution in [2.24, 2.45) is 0 Å². The molecule has 1 atom stereocenters. The molecular formula is C10H18N2O4S. The molecule has 0 aromatic rings. The molecule has 7 heteroatoms. The smallest absolute Gasteiger partial charge is 0.334 e. The maximum absolute atomic E-state index is 11.5. The number of carboxylic acid groups (broad SMARTS) is 1. The zero-order valence-electron chi connectivity index (χ0n) is 9.77. The molecular weight excluding hydrogens is 244 g/mol. The number of thioether (sulfide) groups is 1. The average Bonchev–Trinajstić information content (AvgIpc) is 2.30. The van der Waals surface area contributed by atoms with E-state index >= 15 is 0 Å². The summed E-state index contributed by atoms with van der Waals surface area (Å²) in [5.41, 5.74) is 0. The number of hydrogen-bond acceptors (Lipinski definition) is 4. The van der Waals surface area contributed by atoms with E-state index in [-0.39, 0.29) is 18.6 Å². The van der Waals surface area contributed by atoms with Gasteiger partial charge in [0.15, 0.2) is 6.10 Å². The summed E-state index contributed by atoms with van der Waals surface area (Å²) in [6.07, 6.45) is 0.929. The predicted molar refractivity (Wildman–Crippen MR) is 65.3 cm³/mol. The lowest BCUT2D eigenvalue weighted by atomic mass is 10.2. The van der Waals surface area contributed by atoms with Crippen LogP contribution in [0.3, 0.4) is 0 Å². The number of carbonyl (C=O) groups is 2. The second-order valence-electron chi connectivity index (χ2n) is 3.80. The van der Waals surface area contributed by atoms with E-state index in [9.17, 15) is 9.59 Å². The summed E-state index contributed by atoms with van der Waals surface area (Å²) in [5, 5.41) is 14.0. The van der Waals surface area contributed by atoms with Crippen LogP contribution in [0.1, 0.15) is 12.8 Å². The predicted octanol–water partition coefficient (Wildman–Crippen LogP) is 0.281. The lowest BCUT2D eigenvalue weighted by Gasteiger charge is -2.23. The van der Waals surface area contributed by atoms with Crippen molar-refractivity contribution in [2.75, 3.05) is 25.2 Å². The zero-order valence-corrected chi connectivity index (χ0v) is 10.6. The van der Waals surface area contributed by atoms with Gasteiger partial charge in [-0.1, -0.05) is 0 Å². The normalized spacial score (nSPS) is 18.4. The largest absolute Gasteiger partial charge is 0.479 e. The van der Waals surface area contributed by atoms with Gasteiger partial charge in [0.2, 0.25) is 0 Å². The van der Waals surface area contributed by atoms with Crippen LogP contribution >= 0.6 is 11.8 Å². The van der Waals surface area contributed by atoms with Gasteiger partial charge in [0.1, 0.15) is 0 Å². The first kappa shape index (κ1) is 14.1. The van der Waals surface area contributed by atoms with Crippen molar-refractivity contribution in [3.05, 3.63) is 0 Å². The monoisotopic (exact) mass is 262 g/mol. The van der Waals surface area contributed by atoms with Crippen LogP contribution in [0.15, 0.2) is 0 Å². The van der Waals surface area contributed by atoms with Crippen molar-refractivity contribution in [3.8, 4) is 0 Å². The van der Waals surface area contributed by atoms with Crippen LogP contribution in [0.5, 0.6) is 0 Å². The number of hydrogen-bond donors (Lipinski definition) is 3. The fourth-order valence-electron chi connectivity index (χ4n) is 1.54. The number of carbonyl (C=O) groups excluding carboxylic acids is 1. The van der Waals surface area contributed by atoms with Gasteiger partial charge >= 0.3 is 12.0 Å². The SMILES string of the molecule is COC(CNC(=O)NC1CCSCC1)C(=O)O. The summed E-state index contributed by atoms with van der Waals surface area (Å²) >= 11 is 1.88. The summed E-state index contributed by atoms with van der Waals surface area (Å²) in [6, 6.07) is -0.132. The van der Waals surface area contributed by atoms with Crippen molar-refractivity contribution in [1.82, 2.24) is 10.6 Å². The molecule has 0 bridgehead atoms. The molecule has 0 radical (unpaired) electrons. The Morgan fingerprint density at radius 3 is 2.65 bits per heavy atom. The van der Waals surface area contributed by atoms with Gasteiger partial charge in [0, 0.05) is 13.2 Å². The number of methoxy groups -OCH3 is 1. The van der Waals surface area contributed by atoms with E-state index in [0.29, 0.717) is 0 Å². The van der Waals surface area contributed by atoms with Crippen LogP contribution in [0, 0.1) is 0 Å². The van der Waals surface area contributed by atoms with E-state index in [1.807, 2.05) is 11.8 Å². The van der Waals surface area contributed by atoms with Gasteiger partial charge in [-0.3, -0.25) is 0 Å². The Kier molecular flexibility index (Phi) is 6.13. The topological polar surface area (TPSA) is 87.7 Å². The molecule has 1 aliphatic heterocycles. The first-order valence-corrected chi connectivity index (χ1v) is 6.66. The summed E-state index contributed by atoms with van der Waals surface area (Å²) < 4.78 is 4.71. The van der Waals surface area contributed by atoms with Crippen molar-refractivity contribution < 1.29 is 19.4 Å². The van der Waals surface area contributed by atoms with Gasteiger partial charge < -0.3 is 20.5 Å². The molecule has 3 N–H and O–H groups in total. The Bertz CT molecular complexity index is 269. The molecule has 1 rings (SSSR count). The third-order valence-electron chi connectivity index (χ3n) is 2.56. The minimum absolute atomic E-state index is 0.0286. The number of urea groups is 1. The molecule has 17 heavy (non-hydrogen) atoms. The Hall–Kier alpha value is -0.950. The highest BCUT2D eigenvalue weighted by atomic mass is 32.2. The van der Waals surface area contributed by atoms with Crippen LogP contribution in [-0.4, -0.2) is 54.4 Å². The van der Waals surface area contributed by atoms with Gasteiger partial charge in [-0.15, -0.1) is 0 Å².